The van der Waals surface area contributed by atoms with Crippen molar-refractivity contribution < 1.29 is 9.84 Å². The molecule has 0 saturated carbocycles. The number of nitrogens with zero attached hydrogens (tertiary/aromatic N) is 2. The Morgan fingerprint density at radius 2 is 2.23 bits per heavy atom. The van der Waals surface area contributed by atoms with Gasteiger partial charge in [-0.3, -0.25) is 9.69 Å². The van der Waals surface area contributed by atoms with Crippen LogP contribution in [-0.2, 0) is 17.8 Å². The quantitative estimate of drug-likeness (QED) is 0.786. The highest BCUT2D eigenvalue weighted by molar-refractivity contribution is 5.20. The van der Waals surface area contributed by atoms with E-state index in [0.29, 0.717) is 12.6 Å². The molecule has 1 aliphatic rings. The van der Waals surface area contributed by atoms with E-state index in [1.807, 2.05) is 4.57 Å². The molecule has 0 radical (unpaired) electrons. The molecule has 0 aliphatic carbocycles. The number of ether oxygens (including phenoxy) is 1. The Labute approximate surface area is 132 Å². The van der Waals surface area contributed by atoms with Crippen LogP contribution in [0.15, 0.2) is 17.1 Å². The van der Waals surface area contributed by atoms with Gasteiger partial charge in [0.2, 0.25) is 5.43 Å². The minimum atomic E-state index is -0.289. The van der Waals surface area contributed by atoms with Gasteiger partial charge in [-0.2, -0.15) is 0 Å². The summed E-state index contributed by atoms with van der Waals surface area (Å²) >= 11 is 0. The second kappa shape index (κ2) is 8.34. The molecule has 1 fully saturated rings. The maximum absolute atomic E-state index is 11.8. The van der Waals surface area contributed by atoms with E-state index in [9.17, 15) is 9.90 Å². The predicted octanol–water partition coefficient (Wildman–Crippen LogP) is 2.35. The van der Waals surface area contributed by atoms with E-state index >= 15 is 0 Å². The summed E-state index contributed by atoms with van der Waals surface area (Å²) in [6.07, 6.45) is 7.34. The minimum Gasteiger partial charge on any atom is -0.503 e. The van der Waals surface area contributed by atoms with Gasteiger partial charge < -0.3 is 14.4 Å². The maximum atomic E-state index is 11.8. The first kappa shape index (κ1) is 17.0. The third-order valence-corrected chi connectivity index (χ3v) is 4.53. The minimum absolute atomic E-state index is 0.174. The summed E-state index contributed by atoms with van der Waals surface area (Å²) in [6.45, 7) is 5.52. The smallest absolute Gasteiger partial charge is 0.223 e. The molecule has 2 heterocycles. The topological polar surface area (TPSA) is 54.7 Å². The van der Waals surface area contributed by atoms with Gasteiger partial charge >= 0.3 is 0 Å². The molecule has 2 rings (SSSR count). The average Bonchev–Trinajstić information content (AvgIpc) is 2.52. The van der Waals surface area contributed by atoms with Crippen LogP contribution in [0.4, 0.5) is 0 Å². The Morgan fingerprint density at radius 1 is 1.41 bits per heavy atom. The average molecular weight is 308 g/mol. The molecule has 5 nitrogen and oxygen atoms in total. The summed E-state index contributed by atoms with van der Waals surface area (Å²) in [5.74, 6) is -0.174. The fraction of sp³-hybridized carbons (Fsp3) is 0.706. The van der Waals surface area contributed by atoms with Crippen LogP contribution in [0.25, 0.3) is 0 Å². The van der Waals surface area contributed by atoms with E-state index in [-0.39, 0.29) is 11.2 Å². The van der Waals surface area contributed by atoms with Crippen LogP contribution >= 0.6 is 0 Å². The van der Waals surface area contributed by atoms with Crippen LogP contribution in [0.1, 0.15) is 44.7 Å². The molecular formula is C17H28N2O3. The molecule has 1 aliphatic heterocycles. The molecule has 0 aromatic carbocycles. The maximum Gasteiger partial charge on any atom is 0.223 e. The Hall–Kier alpha value is -1.33. The first-order valence-corrected chi connectivity index (χ1v) is 8.31. The standard InChI is InChI=1S/C17H28N2O3/c1-3-14-7-4-5-8-18(14)12-15-11-16(20)17(21)13-19(15)9-6-10-22-2/h11,13-14,21H,3-10,12H2,1-2H3. The van der Waals surface area contributed by atoms with Crippen molar-refractivity contribution in [3.63, 3.8) is 0 Å². The normalized spacial score (nSPS) is 19.5. The van der Waals surface area contributed by atoms with Crippen LogP contribution in [0, 0.1) is 0 Å². The van der Waals surface area contributed by atoms with Crippen LogP contribution < -0.4 is 5.43 Å². The number of likely N-dealkylation sites (tertiary alicyclic amines) is 1. The first-order chi connectivity index (χ1) is 10.7. The molecule has 124 valence electrons. The van der Waals surface area contributed by atoms with Crippen LogP contribution in [0.2, 0.25) is 0 Å². The van der Waals surface area contributed by atoms with Crippen molar-refractivity contribution in [2.24, 2.45) is 0 Å². The lowest BCUT2D eigenvalue weighted by atomic mass is 10.00. The van der Waals surface area contributed by atoms with Gasteiger partial charge in [-0.15, -0.1) is 0 Å². The van der Waals surface area contributed by atoms with E-state index in [2.05, 4.69) is 11.8 Å². The number of hydrogen-bond donors (Lipinski definition) is 1. The van der Waals surface area contributed by atoms with Crippen molar-refractivity contribution in [1.82, 2.24) is 9.47 Å². The molecule has 0 bridgehead atoms. The number of rotatable bonds is 7. The molecule has 1 aromatic rings. The van der Waals surface area contributed by atoms with Crippen molar-refractivity contribution in [1.29, 1.82) is 0 Å². The van der Waals surface area contributed by atoms with E-state index in [4.69, 9.17) is 4.74 Å². The van der Waals surface area contributed by atoms with Gasteiger partial charge in [0.1, 0.15) is 0 Å². The highest BCUT2D eigenvalue weighted by atomic mass is 16.5. The SMILES string of the molecule is CCC1CCCCN1Cc1cc(=O)c(O)cn1CCCOC. The molecule has 0 spiro atoms. The Kier molecular flexibility index (Phi) is 6.46. The summed E-state index contributed by atoms with van der Waals surface area (Å²) in [5.41, 5.74) is 0.697. The van der Waals surface area contributed by atoms with Gasteiger partial charge in [-0.1, -0.05) is 13.3 Å². The Bertz CT molecular complexity index is 527. The second-order valence-corrected chi connectivity index (χ2v) is 6.08. The van der Waals surface area contributed by atoms with Crippen molar-refractivity contribution in [3.8, 4) is 5.75 Å². The molecule has 1 atom stereocenters. The Morgan fingerprint density at radius 3 is 2.95 bits per heavy atom. The zero-order valence-electron chi connectivity index (χ0n) is 13.8. The van der Waals surface area contributed by atoms with Gasteiger partial charge in [0.05, 0.1) is 6.20 Å². The van der Waals surface area contributed by atoms with Crippen LogP contribution in [0.3, 0.4) is 0 Å². The molecule has 22 heavy (non-hydrogen) atoms. The van der Waals surface area contributed by atoms with Crippen molar-refractivity contribution in [2.75, 3.05) is 20.3 Å². The van der Waals surface area contributed by atoms with E-state index in [1.165, 1.54) is 19.3 Å². The number of methoxy groups -OCH3 is 1. The summed E-state index contributed by atoms with van der Waals surface area (Å²) in [7, 11) is 1.68. The Balaban J connectivity index is 2.16. The highest BCUT2D eigenvalue weighted by Gasteiger charge is 2.21. The lowest BCUT2D eigenvalue weighted by Crippen LogP contribution is -2.39. The fourth-order valence-corrected chi connectivity index (χ4v) is 3.26. The third-order valence-electron chi connectivity index (χ3n) is 4.53. The van der Waals surface area contributed by atoms with Gasteiger partial charge in [0.15, 0.2) is 5.75 Å². The first-order valence-electron chi connectivity index (χ1n) is 8.31. The summed E-state index contributed by atoms with van der Waals surface area (Å²) in [4.78, 5) is 14.3. The lowest BCUT2D eigenvalue weighted by molar-refractivity contribution is 0.131. The summed E-state index contributed by atoms with van der Waals surface area (Å²) < 4.78 is 7.09. The number of hydrogen-bond acceptors (Lipinski definition) is 4. The van der Waals surface area contributed by atoms with E-state index in [0.717, 1.165) is 38.2 Å². The molecule has 0 amide bonds. The van der Waals surface area contributed by atoms with Gasteiger partial charge in [0, 0.05) is 44.6 Å². The van der Waals surface area contributed by atoms with Crippen LogP contribution in [0.5, 0.6) is 5.75 Å². The molecule has 1 aromatic heterocycles. The van der Waals surface area contributed by atoms with E-state index in [1.54, 1.807) is 19.4 Å². The molecular weight excluding hydrogens is 280 g/mol. The number of piperidine rings is 1. The number of aromatic hydroxyl groups is 1. The number of aromatic nitrogens is 1. The van der Waals surface area contributed by atoms with Gasteiger partial charge in [-0.05, 0) is 32.2 Å². The fourth-order valence-electron chi connectivity index (χ4n) is 3.26. The third kappa shape index (κ3) is 4.34. The van der Waals surface area contributed by atoms with Gasteiger partial charge in [-0.25, -0.2) is 0 Å². The molecule has 1 saturated heterocycles. The molecule has 5 heteroatoms. The molecule has 1 N–H and O–H groups in total. The van der Waals surface area contributed by atoms with Crippen molar-refractivity contribution >= 4 is 0 Å². The summed E-state index contributed by atoms with van der Waals surface area (Å²) in [5, 5.41) is 9.71. The monoisotopic (exact) mass is 308 g/mol. The largest absolute Gasteiger partial charge is 0.503 e. The highest BCUT2D eigenvalue weighted by Crippen LogP contribution is 2.22. The van der Waals surface area contributed by atoms with E-state index < -0.39 is 0 Å². The van der Waals surface area contributed by atoms with Crippen molar-refractivity contribution in [3.05, 3.63) is 28.2 Å². The lowest BCUT2D eigenvalue weighted by Gasteiger charge is -2.35. The zero-order valence-corrected chi connectivity index (χ0v) is 13.8. The molecule has 1 unspecified atom stereocenters. The number of pyridine rings is 1. The number of aryl methyl sites for hydroxylation is 1. The van der Waals surface area contributed by atoms with Crippen molar-refractivity contribution in [2.45, 2.75) is 58.2 Å². The zero-order chi connectivity index (χ0) is 15.9. The van der Waals surface area contributed by atoms with Crippen LogP contribution in [-0.4, -0.2) is 40.9 Å². The van der Waals surface area contributed by atoms with Gasteiger partial charge in [0.25, 0.3) is 0 Å². The second-order valence-electron chi connectivity index (χ2n) is 6.08. The predicted molar refractivity (Wildman–Crippen MR) is 87.2 cm³/mol. The summed E-state index contributed by atoms with van der Waals surface area (Å²) in [6, 6.07) is 2.19.